The van der Waals surface area contributed by atoms with Gasteiger partial charge in [-0.1, -0.05) is 11.8 Å². The summed E-state index contributed by atoms with van der Waals surface area (Å²) in [4.78, 5) is 10.6. The number of hydrogen-bond donors (Lipinski definition) is 1. The van der Waals surface area contributed by atoms with Crippen molar-refractivity contribution in [2.24, 2.45) is 0 Å². The van der Waals surface area contributed by atoms with E-state index in [1.165, 1.54) is 25.3 Å². The van der Waals surface area contributed by atoms with Gasteiger partial charge in [0.05, 0.1) is 5.75 Å². The van der Waals surface area contributed by atoms with E-state index in [0.29, 0.717) is 0 Å². The van der Waals surface area contributed by atoms with Crippen molar-refractivity contribution in [2.75, 3.05) is 5.75 Å². The van der Waals surface area contributed by atoms with Crippen molar-refractivity contribution < 1.29 is 23.1 Å². The Morgan fingerprint density at radius 1 is 1.48 bits per heavy atom. The van der Waals surface area contributed by atoms with Gasteiger partial charge in [0.2, 0.25) is 0 Å². The van der Waals surface area contributed by atoms with Crippen molar-refractivity contribution in [2.45, 2.75) is 18.1 Å². The Morgan fingerprint density at radius 3 is 2.71 bits per heavy atom. The number of nitrogens with zero attached hydrogens (tertiary/aromatic N) is 4. The van der Waals surface area contributed by atoms with Crippen molar-refractivity contribution in [1.82, 2.24) is 20.0 Å². The van der Waals surface area contributed by atoms with Gasteiger partial charge in [0.25, 0.3) is 0 Å². The van der Waals surface area contributed by atoms with E-state index in [4.69, 9.17) is 5.11 Å². The average molecular weight is 318 g/mol. The van der Waals surface area contributed by atoms with Crippen molar-refractivity contribution in [1.29, 1.82) is 0 Å². The number of aromatic nitrogens is 4. The number of halogens is 3. The molecule has 2 aromatic heterocycles. The molecule has 6 nitrogen and oxygen atoms in total. The molecule has 2 heterocycles. The lowest BCUT2D eigenvalue weighted by Crippen LogP contribution is -2.09. The first-order chi connectivity index (χ1) is 9.80. The molecule has 10 heteroatoms. The SMILES string of the molecule is Cc1c(C(F)(F)F)nn(-c2cccnn2)c1SCC(=O)O. The van der Waals surface area contributed by atoms with Crippen LogP contribution in [0.15, 0.2) is 23.4 Å². The molecule has 0 saturated heterocycles. The summed E-state index contributed by atoms with van der Waals surface area (Å²) in [7, 11) is 0. The molecule has 0 unspecified atom stereocenters. The molecule has 1 N–H and O–H groups in total. The van der Waals surface area contributed by atoms with Crippen molar-refractivity contribution >= 4 is 17.7 Å². The quantitative estimate of drug-likeness (QED) is 0.870. The van der Waals surface area contributed by atoms with Crippen molar-refractivity contribution in [3.8, 4) is 5.82 Å². The highest BCUT2D eigenvalue weighted by Crippen LogP contribution is 2.36. The summed E-state index contributed by atoms with van der Waals surface area (Å²) in [5.41, 5.74) is -1.21. The number of thioether (sulfide) groups is 1. The van der Waals surface area contributed by atoms with Crippen LogP contribution in [0.1, 0.15) is 11.3 Å². The second-order valence-electron chi connectivity index (χ2n) is 3.95. The lowest BCUT2D eigenvalue weighted by Gasteiger charge is -2.04. The van der Waals surface area contributed by atoms with Crippen LogP contribution in [-0.2, 0) is 11.0 Å². The molecule has 0 atom stereocenters. The van der Waals surface area contributed by atoms with E-state index in [9.17, 15) is 18.0 Å². The third-order valence-electron chi connectivity index (χ3n) is 2.44. The topological polar surface area (TPSA) is 80.9 Å². The largest absolute Gasteiger partial charge is 0.481 e. The third kappa shape index (κ3) is 3.32. The minimum Gasteiger partial charge on any atom is -0.481 e. The Morgan fingerprint density at radius 2 is 2.19 bits per heavy atom. The molecule has 0 spiro atoms. The molecule has 0 radical (unpaired) electrons. The molecular formula is C11H9F3N4O2S. The molecule has 0 aliphatic carbocycles. The summed E-state index contributed by atoms with van der Waals surface area (Å²) in [6, 6.07) is 2.93. The van der Waals surface area contributed by atoms with E-state index in [2.05, 4.69) is 15.3 Å². The van der Waals surface area contributed by atoms with Gasteiger partial charge in [0.1, 0.15) is 5.03 Å². The highest BCUT2D eigenvalue weighted by Gasteiger charge is 2.38. The highest BCUT2D eigenvalue weighted by atomic mass is 32.2. The van der Waals surface area contributed by atoms with Crippen LogP contribution in [0.3, 0.4) is 0 Å². The van der Waals surface area contributed by atoms with Gasteiger partial charge in [-0.25, -0.2) is 4.68 Å². The molecule has 2 aromatic rings. The number of carboxylic acids is 1. The molecule has 0 bridgehead atoms. The van der Waals surface area contributed by atoms with E-state index in [-0.39, 0.29) is 22.2 Å². The fourth-order valence-electron chi connectivity index (χ4n) is 1.61. The van der Waals surface area contributed by atoms with Crippen LogP contribution in [-0.4, -0.2) is 36.8 Å². The molecule has 112 valence electrons. The number of carbonyl (C=O) groups is 1. The Balaban J connectivity index is 2.54. The zero-order valence-corrected chi connectivity index (χ0v) is 11.4. The van der Waals surface area contributed by atoms with Crippen molar-refractivity contribution in [3.63, 3.8) is 0 Å². The highest BCUT2D eigenvalue weighted by molar-refractivity contribution is 7.99. The summed E-state index contributed by atoms with van der Waals surface area (Å²) in [6.07, 6.45) is -3.26. The Hall–Kier alpha value is -2.10. The third-order valence-corrected chi connectivity index (χ3v) is 3.59. The number of carboxylic acid groups (broad SMARTS) is 1. The first kappa shape index (κ1) is 15.3. The van der Waals surface area contributed by atoms with Crippen LogP contribution >= 0.6 is 11.8 Å². The molecule has 2 rings (SSSR count). The van der Waals surface area contributed by atoms with Crippen LogP contribution in [0.5, 0.6) is 0 Å². The minimum absolute atomic E-state index is 0.0743. The molecule has 0 saturated carbocycles. The van der Waals surface area contributed by atoms with Crippen LogP contribution in [0.25, 0.3) is 5.82 Å². The zero-order valence-electron chi connectivity index (χ0n) is 10.6. The second-order valence-corrected chi connectivity index (χ2v) is 4.92. The Bertz CT molecular complexity index is 657. The molecule has 0 amide bonds. The summed E-state index contributed by atoms with van der Waals surface area (Å²) in [5, 5.41) is 19.5. The summed E-state index contributed by atoms with van der Waals surface area (Å²) in [6.45, 7) is 1.24. The minimum atomic E-state index is -4.63. The maximum absolute atomic E-state index is 12.9. The molecule has 0 aliphatic rings. The van der Waals surface area contributed by atoms with E-state index in [0.717, 1.165) is 16.4 Å². The van der Waals surface area contributed by atoms with Gasteiger partial charge in [-0.05, 0) is 19.1 Å². The molecule has 21 heavy (non-hydrogen) atoms. The maximum atomic E-state index is 12.9. The van der Waals surface area contributed by atoms with Gasteiger partial charge < -0.3 is 5.11 Å². The second kappa shape index (κ2) is 5.72. The van der Waals surface area contributed by atoms with Gasteiger partial charge >= 0.3 is 12.1 Å². The van der Waals surface area contributed by atoms with E-state index >= 15 is 0 Å². The first-order valence-corrected chi connectivity index (χ1v) is 6.58. The number of rotatable bonds is 4. The lowest BCUT2D eigenvalue weighted by molar-refractivity contribution is -0.141. The molecule has 0 aromatic carbocycles. The Kier molecular flexibility index (Phi) is 4.16. The average Bonchev–Trinajstić information content (AvgIpc) is 2.74. The fraction of sp³-hybridized carbons (Fsp3) is 0.273. The van der Waals surface area contributed by atoms with Crippen LogP contribution in [0.2, 0.25) is 0 Å². The maximum Gasteiger partial charge on any atom is 0.435 e. The Labute approximate surface area is 121 Å². The van der Waals surface area contributed by atoms with Crippen LogP contribution in [0, 0.1) is 6.92 Å². The van der Waals surface area contributed by atoms with Gasteiger partial charge in [-0.15, -0.1) is 5.10 Å². The summed E-state index contributed by atoms with van der Waals surface area (Å²) < 4.78 is 39.7. The smallest absolute Gasteiger partial charge is 0.435 e. The number of hydrogen-bond acceptors (Lipinski definition) is 5. The fourth-order valence-corrected chi connectivity index (χ4v) is 2.44. The summed E-state index contributed by atoms with van der Waals surface area (Å²) >= 11 is 0.747. The predicted octanol–water partition coefficient (Wildman–Crippen LogP) is 2.17. The predicted molar refractivity (Wildman–Crippen MR) is 67.3 cm³/mol. The lowest BCUT2D eigenvalue weighted by atomic mass is 10.3. The normalized spacial score (nSPS) is 11.6. The first-order valence-electron chi connectivity index (χ1n) is 5.60. The number of aliphatic carboxylic acids is 1. The zero-order chi connectivity index (χ0) is 15.6. The van der Waals surface area contributed by atoms with Crippen LogP contribution in [0.4, 0.5) is 13.2 Å². The molecule has 0 fully saturated rings. The molecular weight excluding hydrogens is 309 g/mol. The van der Waals surface area contributed by atoms with Gasteiger partial charge in [-0.2, -0.15) is 23.4 Å². The standard InChI is InChI=1S/C11H9F3N4O2S/c1-6-9(11(12,13)14)17-18(7-3-2-4-15-16-7)10(6)21-5-8(19)20/h2-4H,5H2,1H3,(H,19,20). The van der Waals surface area contributed by atoms with Gasteiger partial charge in [0, 0.05) is 11.8 Å². The molecule has 0 aliphatic heterocycles. The monoisotopic (exact) mass is 318 g/mol. The van der Waals surface area contributed by atoms with E-state index in [1.807, 2.05) is 0 Å². The van der Waals surface area contributed by atoms with E-state index < -0.39 is 17.8 Å². The van der Waals surface area contributed by atoms with Crippen LogP contribution < -0.4 is 0 Å². The van der Waals surface area contributed by atoms with Crippen molar-refractivity contribution in [3.05, 3.63) is 29.6 Å². The number of alkyl halides is 3. The summed E-state index contributed by atoms with van der Waals surface area (Å²) in [5.74, 6) is -1.44. The van der Waals surface area contributed by atoms with E-state index in [1.54, 1.807) is 0 Å². The van der Waals surface area contributed by atoms with Gasteiger partial charge in [-0.3, -0.25) is 4.79 Å². The van der Waals surface area contributed by atoms with Gasteiger partial charge in [0.15, 0.2) is 11.5 Å².